The number of aromatic nitrogens is 3. The quantitative estimate of drug-likeness (QED) is 0.500. The summed E-state index contributed by atoms with van der Waals surface area (Å²) in [7, 11) is 0. The summed E-state index contributed by atoms with van der Waals surface area (Å²) < 4.78 is 28.7. The average Bonchev–Trinajstić information content (AvgIpc) is 2.78. The van der Waals surface area contributed by atoms with Crippen molar-refractivity contribution < 1.29 is 8.78 Å². The Morgan fingerprint density at radius 1 is 1.12 bits per heavy atom. The number of pyridine rings is 2. The van der Waals surface area contributed by atoms with Crippen molar-refractivity contribution in [1.82, 2.24) is 14.4 Å². The number of nitrogen functional groups attached to an aromatic ring is 1. The van der Waals surface area contributed by atoms with Crippen molar-refractivity contribution in [3.63, 3.8) is 0 Å². The number of hydrogen-bond acceptors (Lipinski definition) is 6. The lowest BCUT2D eigenvalue weighted by molar-refractivity contribution is 0.618. The third-order valence-corrected chi connectivity index (χ3v) is 5.25. The summed E-state index contributed by atoms with van der Waals surface area (Å²) >= 11 is 0. The van der Waals surface area contributed by atoms with E-state index in [2.05, 4.69) is 15.3 Å². The molecule has 9 heteroatoms. The van der Waals surface area contributed by atoms with Gasteiger partial charge in [0.15, 0.2) is 0 Å². The second-order valence-electron chi connectivity index (χ2n) is 7.16. The molecule has 3 heterocycles. The van der Waals surface area contributed by atoms with Gasteiger partial charge in [0.25, 0.3) is 5.56 Å². The highest BCUT2D eigenvalue weighted by Gasteiger charge is 2.18. The lowest BCUT2D eigenvalue weighted by Gasteiger charge is -2.17. The van der Waals surface area contributed by atoms with Gasteiger partial charge >= 0.3 is 0 Å². The van der Waals surface area contributed by atoms with Gasteiger partial charge in [0.1, 0.15) is 41.2 Å². The first kappa shape index (κ1) is 20.9. The van der Waals surface area contributed by atoms with Gasteiger partial charge in [-0.05, 0) is 48.7 Å². The second kappa shape index (κ2) is 8.43. The van der Waals surface area contributed by atoms with Gasteiger partial charge in [-0.1, -0.05) is 12.1 Å². The molecule has 3 aromatic heterocycles. The fourth-order valence-corrected chi connectivity index (χ4v) is 3.70. The number of nitrogens with zero attached hydrogens (tertiary/aromatic N) is 4. The molecule has 0 saturated heterocycles. The Labute approximate surface area is 181 Å². The Morgan fingerprint density at radius 3 is 2.56 bits per heavy atom. The van der Waals surface area contributed by atoms with Crippen molar-refractivity contribution in [3.05, 3.63) is 87.6 Å². The first-order valence-electron chi connectivity index (χ1n) is 9.74. The van der Waals surface area contributed by atoms with Crippen LogP contribution in [-0.2, 0) is 6.42 Å². The molecule has 1 aromatic carbocycles. The molecule has 0 aliphatic heterocycles. The Balaban J connectivity index is 1.81. The number of nitrogens with one attached hydrogen (secondary N) is 1. The molecule has 0 unspecified atom stereocenters. The van der Waals surface area contributed by atoms with Crippen LogP contribution in [0.5, 0.6) is 0 Å². The van der Waals surface area contributed by atoms with E-state index in [4.69, 9.17) is 5.73 Å². The van der Waals surface area contributed by atoms with Crippen molar-refractivity contribution >= 4 is 17.2 Å². The van der Waals surface area contributed by atoms with Gasteiger partial charge in [-0.2, -0.15) is 5.26 Å². The molecule has 0 bridgehead atoms. The highest BCUT2D eigenvalue weighted by atomic mass is 19.1. The van der Waals surface area contributed by atoms with Crippen molar-refractivity contribution in [2.24, 2.45) is 0 Å². The minimum atomic E-state index is -0.538. The molecule has 32 heavy (non-hydrogen) atoms. The lowest BCUT2D eigenvalue weighted by atomic mass is 9.93. The molecular weight excluding hydrogens is 414 g/mol. The zero-order valence-corrected chi connectivity index (χ0v) is 17.1. The number of rotatable bonds is 5. The number of nitriles is 1. The number of nitrogens with two attached hydrogens (primary N) is 1. The summed E-state index contributed by atoms with van der Waals surface area (Å²) in [5.74, 6) is -0.564. The molecule has 0 aliphatic carbocycles. The van der Waals surface area contributed by atoms with Gasteiger partial charge in [-0.15, -0.1) is 0 Å². The Morgan fingerprint density at radius 2 is 1.84 bits per heavy atom. The summed E-state index contributed by atoms with van der Waals surface area (Å²) in [6.07, 6.45) is 2.78. The predicted octanol–water partition coefficient (Wildman–Crippen LogP) is 3.45. The van der Waals surface area contributed by atoms with E-state index in [0.29, 0.717) is 41.0 Å². The molecule has 0 amide bonds. The molecule has 0 radical (unpaired) electrons. The van der Waals surface area contributed by atoms with Gasteiger partial charge in [0.05, 0.1) is 5.52 Å². The molecular formula is C23H18F2N6O. The predicted molar refractivity (Wildman–Crippen MR) is 117 cm³/mol. The minimum Gasteiger partial charge on any atom is -0.382 e. The molecule has 4 rings (SSSR count). The molecule has 3 N–H and O–H groups in total. The van der Waals surface area contributed by atoms with E-state index < -0.39 is 5.82 Å². The van der Waals surface area contributed by atoms with Crippen LogP contribution in [0.1, 0.15) is 16.7 Å². The molecule has 160 valence electrons. The largest absolute Gasteiger partial charge is 0.382 e. The standard InChI is InChI=1S/C23H18F2N6O/c1-13-17(8-9-28-22-18(10-26)21(27)29-12-30-22)20(14-2-4-15(24)5-3-14)19-7-6-16(25)11-31(19)23(13)32/h2-7,11-12H,8-9H2,1H3,(H3,27,28,29,30). The number of anilines is 2. The van der Waals surface area contributed by atoms with Crippen LogP contribution in [-0.4, -0.2) is 20.9 Å². The molecule has 0 atom stereocenters. The monoisotopic (exact) mass is 432 g/mol. The lowest BCUT2D eigenvalue weighted by Crippen LogP contribution is -2.21. The fourth-order valence-electron chi connectivity index (χ4n) is 3.70. The fraction of sp³-hybridized carbons (Fsp3) is 0.130. The van der Waals surface area contributed by atoms with Gasteiger partial charge in [-0.25, -0.2) is 18.7 Å². The second-order valence-corrected chi connectivity index (χ2v) is 7.16. The van der Waals surface area contributed by atoms with Crippen LogP contribution in [0.15, 0.2) is 53.7 Å². The molecule has 7 nitrogen and oxygen atoms in total. The van der Waals surface area contributed by atoms with E-state index in [0.717, 1.165) is 11.8 Å². The summed E-state index contributed by atoms with van der Waals surface area (Å²) in [6, 6.07) is 10.7. The van der Waals surface area contributed by atoms with Gasteiger partial charge < -0.3 is 11.1 Å². The van der Waals surface area contributed by atoms with Crippen molar-refractivity contribution in [1.29, 1.82) is 5.26 Å². The molecule has 0 spiro atoms. The normalized spacial score (nSPS) is 10.8. The van der Waals surface area contributed by atoms with E-state index in [1.807, 2.05) is 6.07 Å². The zero-order valence-electron chi connectivity index (χ0n) is 17.1. The van der Waals surface area contributed by atoms with Crippen LogP contribution in [0, 0.1) is 29.9 Å². The molecule has 0 fully saturated rings. The number of halogens is 2. The van der Waals surface area contributed by atoms with Gasteiger partial charge in [0.2, 0.25) is 0 Å². The average molecular weight is 432 g/mol. The smallest absolute Gasteiger partial charge is 0.258 e. The van der Waals surface area contributed by atoms with Crippen LogP contribution < -0.4 is 16.6 Å². The molecule has 4 aromatic rings. The maximum Gasteiger partial charge on any atom is 0.258 e. The number of fused-ring (bicyclic) bond motifs is 1. The van der Waals surface area contributed by atoms with Crippen LogP contribution in [0.25, 0.3) is 16.6 Å². The minimum absolute atomic E-state index is 0.0687. The van der Waals surface area contributed by atoms with E-state index in [1.165, 1.54) is 35.0 Å². The first-order valence-corrected chi connectivity index (χ1v) is 9.74. The van der Waals surface area contributed by atoms with E-state index in [-0.39, 0.29) is 22.8 Å². The summed E-state index contributed by atoms with van der Waals surface area (Å²) in [4.78, 5) is 20.8. The summed E-state index contributed by atoms with van der Waals surface area (Å²) in [5.41, 5.74) is 8.58. The van der Waals surface area contributed by atoms with Gasteiger partial charge in [0, 0.05) is 23.9 Å². The van der Waals surface area contributed by atoms with Gasteiger partial charge in [-0.3, -0.25) is 9.20 Å². The summed E-state index contributed by atoms with van der Waals surface area (Å²) in [5, 5.41) is 12.4. The third-order valence-electron chi connectivity index (χ3n) is 5.25. The molecule has 0 aliphatic rings. The van der Waals surface area contributed by atoms with Crippen molar-refractivity contribution in [2.45, 2.75) is 13.3 Å². The highest BCUT2D eigenvalue weighted by molar-refractivity contribution is 5.84. The van der Waals surface area contributed by atoms with E-state index in [9.17, 15) is 18.8 Å². The summed E-state index contributed by atoms with van der Waals surface area (Å²) in [6.45, 7) is 2.00. The zero-order chi connectivity index (χ0) is 22.8. The van der Waals surface area contributed by atoms with Crippen LogP contribution in [0.2, 0.25) is 0 Å². The van der Waals surface area contributed by atoms with Crippen molar-refractivity contribution in [3.8, 4) is 17.2 Å². The van der Waals surface area contributed by atoms with E-state index in [1.54, 1.807) is 19.1 Å². The Hall–Kier alpha value is -4.32. The first-order chi connectivity index (χ1) is 15.4. The Bertz CT molecular complexity index is 1420. The topological polar surface area (TPSA) is 109 Å². The third kappa shape index (κ3) is 3.74. The maximum atomic E-state index is 13.9. The number of hydrogen-bond donors (Lipinski definition) is 2. The highest BCUT2D eigenvalue weighted by Crippen LogP contribution is 2.30. The number of benzene rings is 1. The molecule has 0 saturated carbocycles. The van der Waals surface area contributed by atoms with Crippen LogP contribution in [0.3, 0.4) is 0 Å². The van der Waals surface area contributed by atoms with Crippen LogP contribution in [0.4, 0.5) is 20.4 Å². The van der Waals surface area contributed by atoms with Crippen molar-refractivity contribution in [2.75, 3.05) is 17.6 Å². The van der Waals surface area contributed by atoms with E-state index >= 15 is 0 Å². The maximum absolute atomic E-state index is 13.9. The Kier molecular flexibility index (Phi) is 5.52. The van der Waals surface area contributed by atoms with Crippen LogP contribution >= 0.6 is 0 Å². The SMILES string of the molecule is Cc1c(CCNc2ncnc(N)c2C#N)c(-c2ccc(F)cc2)c2ccc(F)cn2c1=O.